The Morgan fingerprint density at radius 1 is 1.57 bits per heavy atom. The molecule has 0 fully saturated rings. The van der Waals surface area contributed by atoms with Crippen molar-refractivity contribution >= 4 is 28.4 Å². The van der Waals surface area contributed by atoms with Crippen LogP contribution in [0.5, 0.6) is 0 Å². The summed E-state index contributed by atoms with van der Waals surface area (Å²) >= 11 is 1.48. The van der Waals surface area contributed by atoms with Crippen LogP contribution in [0, 0.1) is 0 Å². The second-order valence-corrected chi connectivity index (χ2v) is 3.58. The van der Waals surface area contributed by atoms with E-state index in [4.69, 9.17) is 9.94 Å². The molecule has 1 aromatic rings. The summed E-state index contributed by atoms with van der Waals surface area (Å²) in [6, 6.07) is 5.44. The number of benzene rings is 1. The average Bonchev–Trinajstić information content (AvgIpc) is 2.27. The summed E-state index contributed by atoms with van der Waals surface area (Å²) in [6.45, 7) is 0.504. The van der Waals surface area contributed by atoms with Gasteiger partial charge >= 0.3 is 0 Å². The predicted octanol–water partition coefficient (Wildman–Crippen LogP) is 2.37. The summed E-state index contributed by atoms with van der Waals surface area (Å²) in [5.41, 5.74) is 4.62. The first-order chi connectivity index (χ1) is 6.83. The molecule has 0 radical (unpaired) electrons. The maximum Gasteiger partial charge on any atom is 0.251 e. The van der Waals surface area contributed by atoms with Crippen LogP contribution in [0.1, 0.15) is 5.56 Å². The predicted molar refractivity (Wildman–Crippen MR) is 57.3 cm³/mol. The van der Waals surface area contributed by atoms with E-state index in [9.17, 15) is 0 Å². The van der Waals surface area contributed by atoms with Crippen molar-refractivity contribution in [2.45, 2.75) is 6.61 Å². The molecule has 0 aliphatic carbocycles. The minimum atomic E-state index is 0.504. The number of fused-ring (bicyclic) bond motifs is 1. The zero-order valence-corrected chi connectivity index (χ0v) is 8.47. The fourth-order valence-electron chi connectivity index (χ4n) is 1.25. The van der Waals surface area contributed by atoms with E-state index in [1.165, 1.54) is 11.8 Å². The van der Waals surface area contributed by atoms with E-state index in [-0.39, 0.29) is 0 Å². The Morgan fingerprint density at radius 2 is 2.43 bits per heavy atom. The van der Waals surface area contributed by atoms with Gasteiger partial charge in [-0.25, -0.2) is 4.99 Å². The first kappa shape index (κ1) is 9.36. The summed E-state index contributed by atoms with van der Waals surface area (Å²) in [6.07, 6.45) is 1.92. The van der Waals surface area contributed by atoms with Crippen molar-refractivity contribution in [2.24, 2.45) is 4.99 Å². The molecule has 4 nitrogen and oxygen atoms in total. The van der Waals surface area contributed by atoms with E-state index in [1.54, 1.807) is 6.07 Å². The van der Waals surface area contributed by atoms with Gasteiger partial charge in [0.2, 0.25) is 0 Å². The number of rotatable bonds is 1. The third kappa shape index (κ3) is 1.69. The van der Waals surface area contributed by atoms with Crippen LogP contribution < -0.4 is 5.48 Å². The molecule has 1 aliphatic heterocycles. The molecule has 1 aromatic carbocycles. The Bertz CT molecular complexity index is 379. The van der Waals surface area contributed by atoms with Gasteiger partial charge in [0.05, 0.1) is 11.4 Å². The zero-order valence-electron chi connectivity index (χ0n) is 7.65. The number of nitrogens with zero attached hydrogens (tertiary/aromatic N) is 1. The number of ether oxygens (including phenoxy) is 1. The maximum absolute atomic E-state index is 8.71. The molecular weight excluding hydrogens is 200 g/mol. The molecule has 0 bridgehead atoms. The van der Waals surface area contributed by atoms with E-state index >= 15 is 0 Å². The van der Waals surface area contributed by atoms with Gasteiger partial charge in [0.15, 0.2) is 0 Å². The fourth-order valence-corrected chi connectivity index (χ4v) is 1.62. The first-order valence-electron chi connectivity index (χ1n) is 4.12. The summed E-state index contributed by atoms with van der Waals surface area (Å²) in [7, 11) is 0. The Hall–Kier alpha value is -1.20. The van der Waals surface area contributed by atoms with Crippen LogP contribution in [0.25, 0.3) is 0 Å². The molecular formula is C9H10N2O2S. The van der Waals surface area contributed by atoms with Crippen LogP contribution in [-0.2, 0) is 11.3 Å². The molecule has 0 aromatic heterocycles. The third-order valence-corrected chi connectivity index (χ3v) is 2.50. The molecule has 0 spiro atoms. The first-order valence-corrected chi connectivity index (χ1v) is 5.34. The van der Waals surface area contributed by atoms with Crippen LogP contribution in [0.3, 0.4) is 0 Å². The molecule has 0 atom stereocenters. The second kappa shape index (κ2) is 3.89. The molecule has 14 heavy (non-hydrogen) atoms. The van der Waals surface area contributed by atoms with E-state index in [0.717, 1.165) is 11.3 Å². The van der Waals surface area contributed by atoms with Crippen molar-refractivity contribution < 1.29 is 9.94 Å². The number of aliphatic imine (C=N–C) groups is 1. The van der Waals surface area contributed by atoms with Crippen molar-refractivity contribution in [2.75, 3.05) is 11.7 Å². The lowest BCUT2D eigenvalue weighted by molar-refractivity contribution is 0.297. The van der Waals surface area contributed by atoms with Crippen LogP contribution in [-0.4, -0.2) is 16.7 Å². The lowest BCUT2D eigenvalue weighted by Crippen LogP contribution is -2.05. The van der Waals surface area contributed by atoms with Gasteiger partial charge in [-0.3, -0.25) is 10.7 Å². The normalized spacial score (nSPS) is 14.0. The number of thioether (sulfide) groups is 1. The fraction of sp³-hybridized carbons (Fsp3) is 0.222. The van der Waals surface area contributed by atoms with Gasteiger partial charge in [0, 0.05) is 5.56 Å². The standard InChI is InChI=1S/C9H10N2O2S/c1-14-9-10-8-3-2-7(11-12)4-6(8)5-13-9/h2-4,11-12H,5H2,1H3. The summed E-state index contributed by atoms with van der Waals surface area (Å²) in [5, 5.41) is 9.39. The quantitative estimate of drug-likeness (QED) is 0.699. The minimum Gasteiger partial charge on any atom is -0.468 e. The van der Waals surface area contributed by atoms with Crippen molar-refractivity contribution in [3.63, 3.8) is 0 Å². The van der Waals surface area contributed by atoms with Gasteiger partial charge < -0.3 is 4.74 Å². The Morgan fingerprint density at radius 3 is 3.14 bits per heavy atom. The molecule has 0 unspecified atom stereocenters. The highest BCUT2D eigenvalue weighted by atomic mass is 32.2. The molecule has 2 rings (SSSR count). The zero-order chi connectivity index (χ0) is 9.97. The Balaban J connectivity index is 2.37. The molecule has 1 heterocycles. The molecule has 1 aliphatic rings. The second-order valence-electron chi connectivity index (χ2n) is 2.83. The Kier molecular flexibility index (Phi) is 2.60. The molecule has 0 saturated heterocycles. The van der Waals surface area contributed by atoms with Crippen molar-refractivity contribution in [3.05, 3.63) is 23.8 Å². The van der Waals surface area contributed by atoms with Crippen LogP contribution >= 0.6 is 11.8 Å². The summed E-state index contributed by atoms with van der Waals surface area (Å²) in [5.74, 6) is 0. The van der Waals surface area contributed by atoms with Crippen LogP contribution in [0.2, 0.25) is 0 Å². The van der Waals surface area contributed by atoms with Crippen LogP contribution in [0.4, 0.5) is 11.4 Å². The van der Waals surface area contributed by atoms with Gasteiger partial charge in [-0.1, -0.05) is 11.8 Å². The highest BCUT2D eigenvalue weighted by Crippen LogP contribution is 2.29. The SMILES string of the molecule is CSC1=Nc2ccc(NO)cc2CO1. The molecule has 2 N–H and O–H groups in total. The van der Waals surface area contributed by atoms with E-state index < -0.39 is 0 Å². The lowest BCUT2D eigenvalue weighted by Gasteiger charge is -2.15. The van der Waals surface area contributed by atoms with E-state index in [1.807, 2.05) is 18.4 Å². The number of hydrogen-bond acceptors (Lipinski definition) is 5. The number of hydrogen-bond donors (Lipinski definition) is 2. The van der Waals surface area contributed by atoms with Crippen molar-refractivity contribution in [1.82, 2.24) is 0 Å². The smallest absolute Gasteiger partial charge is 0.251 e. The minimum absolute atomic E-state index is 0.504. The largest absolute Gasteiger partial charge is 0.468 e. The summed E-state index contributed by atoms with van der Waals surface area (Å²) in [4.78, 5) is 4.29. The topological polar surface area (TPSA) is 53.9 Å². The van der Waals surface area contributed by atoms with Gasteiger partial charge in [-0.2, -0.15) is 0 Å². The van der Waals surface area contributed by atoms with Crippen LogP contribution in [0.15, 0.2) is 23.2 Å². The molecule has 0 amide bonds. The average molecular weight is 210 g/mol. The molecule has 0 saturated carbocycles. The van der Waals surface area contributed by atoms with Gasteiger partial charge in [0.1, 0.15) is 6.61 Å². The maximum atomic E-state index is 8.71. The number of nitrogens with one attached hydrogen (secondary N) is 1. The molecule has 5 heteroatoms. The lowest BCUT2D eigenvalue weighted by atomic mass is 10.1. The monoisotopic (exact) mass is 210 g/mol. The highest BCUT2D eigenvalue weighted by molar-refractivity contribution is 8.12. The van der Waals surface area contributed by atoms with Gasteiger partial charge in [-0.05, 0) is 24.5 Å². The van der Waals surface area contributed by atoms with Crippen molar-refractivity contribution in [3.8, 4) is 0 Å². The Labute approximate surface area is 86.0 Å². The number of anilines is 1. The van der Waals surface area contributed by atoms with Gasteiger partial charge in [-0.15, -0.1) is 0 Å². The summed E-state index contributed by atoms with van der Waals surface area (Å²) < 4.78 is 5.36. The van der Waals surface area contributed by atoms with Gasteiger partial charge in [0.25, 0.3) is 5.23 Å². The van der Waals surface area contributed by atoms with E-state index in [2.05, 4.69) is 10.5 Å². The molecule has 74 valence electrons. The third-order valence-electron chi connectivity index (χ3n) is 1.95. The highest BCUT2D eigenvalue weighted by Gasteiger charge is 2.12. The van der Waals surface area contributed by atoms with Crippen molar-refractivity contribution in [1.29, 1.82) is 0 Å². The van der Waals surface area contributed by atoms with E-state index in [0.29, 0.717) is 17.5 Å².